The first-order valence-corrected chi connectivity index (χ1v) is 6.04. The van der Waals surface area contributed by atoms with Crippen LogP contribution in [0.1, 0.15) is 48.5 Å². The van der Waals surface area contributed by atoms with E-state index in [1.54, 1.807) is 6.08 Å². The lowest BCUT2D eigenvalue weighted by Gasteiger charge is -2.12. The van der Waals surface area contributed by atoms with Crippen LogP contribution in [0.25, 0.3) is 0 Å². The zero-order chi connectivity index (χ0) is 12.7. The Balaban J connectivity index is 0. The largest absolute Gasteiger partial charge is 0.698 e. The van der Waals surface area contributed by atoms with E-state index >= 15 is 0 Å². The fourth-order valence-corrected chi connectivity index (χ4v) is 1.40. The summed E-state index contributed by atoms with van der Waals surface area (Å²) in [6.45, 7) is 16.3. The fraction of sp³-hybridized carbons (Fsp3) is 0.818. The van der Waals surface area contributed by atoms with Gasteiger partial charge in [0.2, 0.25) is 0 Å². The number of hydrogen-bond donors (Lipinski definition) is 0. The molecule has 0 atom stereocenters. The van der Waals surface area contributed by atoms with Crippen molar-refractivity contribution in [3.8, 4) is 0 Å². The summed E-state index contributed by atoms with van der Waals surface area (Å²) in [5.41, 5.74) is -0.836. The highest BCUT2D eigenvalue weighted by atomic mass is 31.1. The third kappa shape index (κ3) is 20.0. The Kier molecular flexibility index (Phi) is 8.13. The van der Waals surface area contributed by atoms with Crippen LogP contribution < -0.4 is 0 Å². The molecule has 15 heavy (non-hydrogen) atoms. The van der Waals surface area contributed by atoms with Gasteiger partial charge in [-0.2, -0.15) is 0 Å². The van der Waals surface area contributed by atoms with Crippen LogP contribution in [0.3, 0.4) is 0 Å². The molecule has 0 amide bonds. The minimum absolute atomic E-state index is 0.418. The second-order valence-electron chi connectivity index (χ2n) is 5.04. The van der Waals surface area contributed by atoms with Crippen molar-refractivity contribution in [2.24, 2.45) is 0 Å². The second kappa shape index (κ2) is 7.10. The lowest BCUT2D eigenvalue weighted by molar-refractivity contribution is 0.0634. The third-order valence-corrected chi connectivity index (χ3v) is 2.09. The first-order valence-electron chi connectivity index (χ1n) is 4.94. The second-order valence-corrected chi connectivity index (χ2v) is 5.85. The highest BCUT2D eigenvalue weighted by Gasteiger charge is 2.34. The van der Waals surface area contributed by atoms with Crippen LogP contribution >= 0.6 is 8.25 Å². The molecule has 0 aliphatic carbocycles. The molecular formula is C11H24O3P+. The van der Waals surface area contributed by atoms with Gasteiger partial charge in [0.1, 0.15) is 11.2 Å². The van der Waals surface area contributed by atoms with Crippen LogP contribution in [0.4, 0.5) is 0 Å². The molecule has 3 nitrogen and oxygen atoms in total. The standard InChI is InChI=1S/C8H18O3P.C3H6/c1-7(2,3)10-12(9)11-8(4,5)6;1-3-2/h1-6H3;3H,1H2,2H3/q+1;. The van der Waals surface area contributed by atoms with Crippen molar-refractivity contribution in [2.75, 3.05) is 0 Å². The van der Waals surface area contributed by atoms with Crippen molar-refractivity contribution in [2.45, 2.75) is 59.7 Å². The quantitative estimate of drug-likeness (QED) is 0.523. The number of hydrogen-bond acceptors (Lipinski definition) is 3. The Morgan fingerprint density at radius 2 is 1.20 bits per heavy atom. The molecule has 0 radical (unpaired) electrons. The molecule has 0 aliphatic rings. The van der Waals surface area contributed by atoms with E-state index < -0.39 is 19.5 Å². The molecule has 0 fully saturated rings. The summed E-state index contributed by atoms with van der Waals surface area (Å²) in [5, 5.41) is 0. The Labute approximate surface area is 94.8 Å². The summed E-state index contributed by atoms with van der Waals surface area (Å²) in [4.78, 5) is 0. The Morgan fingerprint density at radius 1 is 1.00 bits per heavy atom. The summed E-state index contributed by atoms with van der Waals surface area (Å²) in [6.07, 6.45) is 1.75. The molecule has 0 aromatic rings. The molecule has 0 spiro atoms. The Morgan fingerprint density at radius 3 is 1.33 bits per heavy atom. The maximum Gasteiger partial charge on any atom is 0.698 e. The molecule has 0 N–H and O–H groups in total. The smallest absolute Gasteiger partial charge is 0.113 e. The predicted octanol–water partition coefficient (Wildman–Crippen LogP) is 4.47. The van der Waals surface area contributed by atoms with Crippen LogP contribution in [0.5, 0.6) is 0 Å². The molecule has 0 bridgehead atoms. The van der Waals surface area contributed by atoms with Crippen molar-refractivity contribution in [1.29, 1.82) is 0 Å². The SMILES string of the molecule is C=CC.CC(C)(C)O[P+](=O)OC(C)(C)C. The highest BCUT2D eigenvalue weighted by Crippen LogP contribution is 2.35. The van der Waals surface area contributed by atoms with Crippen LogP contribution in [0.15, 0.2) is 12.7 Å². The molecule has 0 aromatic carbocycles. The zero-order valence-electron chi connectivity index (χ0n) is 11.0. The third-order valence-electron chi connectivity index (χ3n) is 0.697. The first kappa shape index (κ1) is 17.2. The number of rotatable bonds is 2. The zero-order valence-corrected chi connectivity index (χ0v) is 11.9. The molecule has 0 saturated carbocycles. The van der Waals surface area contributed by atoms with Gasteiger partial charge in [-0.1, -0.05) is 6.08 Å². The van der Waals surface area contributed by atoms with Gasteiger partial charge in [0, 0.05) is 4.57 Å². The van der Waals surface area contributed by atoms with Gasteiger partial charge in [-0.25, -0.2) is 0 Å². The van der Waals surface area contributed by atoms with E-state index in [2.05, 4.69) is 6.58 Å². The monoisotopic (exact) mass is 235 g/mol. The van der Waals surface area contributed by atoms with E-state index in [1.807, 2.05) is 48.5 Å². The average Bonchev–Trinajstić information content (AvgIpc) is 1.77. The number of allylic oxidation sites excluding steroid dienone is 1. The van der Waals surface area contributed by atoms with Crippen molar-refractivity contribution in [1.82, 2.24) is 0 Å². The van der Waals surface area contributed by atoms with Crippen molar-refractivity contribution in [3.05, 3.63) is 12.7 Å². The summed E-state index contributed by atoms with van der Waals surface area (Å²) >= 11 is 0. The molecule has 0 saturated heterocycles. The molecule has 0 heterocycles. The predicted molar refractivity (Wildman–Crippen MR) is 65.2 cm³/mol. The molecule has 0 rings (SSSR count). The minimum Gasteiger partial charge on any atom is -0.113 e. The maximum atomic E-state index is 11.2. The van der Waals surface area contributed by atoms with E-state index in [4.69, 9.17) is 9.05 Å². The summed E-state index contributed by atoms with van der Waals surface area (Å²) in [5.74, 6) is 0. The molecular weight excluding hydrogens is 211 g/mol. The van der Waals surface area contributed by atoms with Crippen molar-refractivity contribution in [3.63, 3.8) is 0 Å². The van der Waals surface area contributed by atoms with E-state index in [0.29, 0.717) is 0 Å². The van der Waals surface area contributed by atoms with Crippen LogP contribution in [-0.4, -0.2) is 11.2 Å². The first-order chi connectivity index (χ1) is 6.52. The van der Waals surface area contributed by atoms with Gasteiger partial charge >= 0.3 is 8.25 Å². The van der Waals surface area contributed by atoms with Crippen LogP contribution in [0.2, 0.25) is 0 Å². The molecule has 90 valence electrons. The Hall–Kier alpha value is -0.240. The average molecular weight is 235 g/mol. The topological polar surface area (TPSA) is 35.5 Å². The van der Waals surface area contributed by atoms with Crippen LogP contribution in [-0.2, 0) is 13.6 Å². The molecule has 0 aromatic heterocycles. The van der Waals surface area contributed by atoms with Crippen LogP contribution in [0, 0.1) is 0 Å². The molecule has 0 unspecified atom stereocenters. The van der Waals surface area contributed by atoms with Gasteiger partial charge in [-0.15, -0.1) is 15.6 Å². The van der Waals surface area contributed by atoms with E-state index in [1.165, 1.54) is 0 Å². The summed E-state index contributed by atoms with van der Waals surface area (Å²) in [6, 6.07) is 0. The summed E-state index contributed by atoms with van der Waals surface area (Å²) in [7, 11) is -2.01. The molecule has 4 heteroatoms. The lowest BCUT2D eigenvalue weighted by atomic mass is 10.2. The van der Waals surface area contributed by atoms with Gasteiger partial charge in [-0.3, -0.25) is 0 Å². The van der Waals surface area contributed by atoms with Crippen molar-refractivity contribution < 1.29 is 13.6 Å². The van der Waals surface area contributed by atoms with Crippen molar-refractivity contribution >= 4 is 8.25 Å². The summed E-state index contributed by atoms with van der Waals surface area (Å²) < 4.78 is 21.4. The van der Waals surface area contributed by atoms with E-state index in [-0.39, 0.29) is 0 Å². The molecule has 0 aliphatic heterocycles. The fourth-order valence-electron chi connectivity index (χ4n) is 0.466. The normalized spacial score (nSPS) is 11.4. The minimum atomic E-state index is -2.01. The maximum absolute atomic E-state index is 11.2. The van der Waals surface area contributed by atoms with Gasteiger partial charge in [0.05, 0.1) is 0 Å². The van der Waals surface area contributed by atoms with Gasteiger partial charge < -0.3 is 0 Å². The Bertz CT molecular complexity index is 181. The van der Waals surface area contributed by atoms with E-state index in [0.717, 1.165) is 0 Å². The van der Waals surface area contributed by atoms with E-state index in [9.17, 15) is 4.57 Å². The van der Waals surface area contributed by atoms with Gasteiger partial charge in [0.25, 0.3) is 0 Å². The van der Waals surface area contributed by atoms with Gasteiger partial charge in [0.15, 0.2) is 0 Å². The lowest BCUT2D eigenvalue weighted by Crippen LogP contribution is -2.19. The highest BCUT2D eigenvalue weighted by molar-refractivity contribution is 7.33. The van der Waals surface area contributed by atoms with Gasteiger partial charge in [-0.05, 0) is 48.5 Å².